The van der Waals surface area contributed by atoms with Crippen molar-refractivity contribution >= 4 is 5.78 Å². The second kappa shape index (κ2) is 12.6. The number of alkyl halides is 1. The van der Waals surface area contributed by atoms with Gasteiger partial charge in [-0.1, -0.05) is 51.9 Å². The summed E-state index contributed by atoms with van der Waals surface area (Å²) in [5.74, 6) is 3.56. The number of benzene rings is 1. The van der Waals surface area contributed by atoms with E-state index in [1.54, 1.807) is 12.1 Å². The molecule has 0 spiro atoms. The summed E-state index contributed by atoms with van der Waals surface area (Å²) in [6.07, 6.45) is 16.2. The lowest BCUT2D eigenvalue weighted by atomic mass is 9.68. The second-order valence-electron chi connectivity index (χ2n) is 10.2. The van der Waals surface area contributed by atoms with Crippen LogP contribution in [-0.2, 0) is 6.67 Å². The van der Waals surface area contributed by atoms with E-state index in [1.165, 1.54) is 64.2 Å². The lowest BCUT2D eigenvalue weighted by Gasteiger charge is -2.38. The molecule has 0 radical (unpaired) electrons. The molecule has 0 unspecified atom stereocenters. The first-order valence-corrected chi connectivity index (χ1v) is 13.1. The SMILES string of the molecule is CCCC1CCC(C2CCC(CCCC(=O)c3ccc(OCC)c(CF)c3O)CC2)CC1. The molecule has 0 heterocycles. The fraction of sp³-hybridized carbons (Fsp3) is 0.750. The van der Waals surface area contributed by atoms with Crippen molar-refractivity contribution in [2.75, 3.05) is 6.61 Å². The summed E-state index contributed by atoms with van der Waals surface area (Å²) in [7, 11) is 0. The summed E-state index contributed by atoms with van der Waals surface area (Å²) in [4.78, 5) is 12.7. The third kappa shape index (κ3) is 6.48. The Morgan fingerprint density at radius 1 is 0.969 bits per heavy atom. The lowest BCUT2D eigenvalue weighted by molar-refractivity contribution is 0.0970. The summed E-state index contributed by atoms with van der Waals surface area (Å²) >= 11 is 0. The van der Waals surface area contributed by atoms with Crippen LogP contribution in [0.2, 0.25) is 0 Å². The summed E-state index contributed by atoms with van der Waals surface area (Å²) < 4.78 is 18.7. The predicted octanol–water partition coefficient (Wildman–Crippen LogP) is 8.03. The monoisotopic (exact) mass is 446 g/mol. The Morgan fingerprint density at radius 2 is 1.56 bits per heavy atom. The molecule has 32 heavy (non-hydrogen) atoms. The molecule has 3 nitrogen and oxygen atoms in total. The van der Waals surface area contributed by atoms with Crippen LogP contribution in [0.3, 0.4) is 0 Å². The van der Waals surface area contributed by atoms with Gasteiger partial charge in [0.05, 0.1) is 17.7 Å². The average molecular weight is 447 g/mol. The highest BCUT2D eigenvalue weighted by Crippen LogP contribution is 2.43. The highest BCUT2D eigenvalue weighted by Gasteiger charge is 2.30. The third-order valence-electron chi connectivity index (χ3n) is 8.14. The highest BCUT2D eigenvalue weighted by atomic mass is 19.1. The molecule has 2 aliphatic rings. The van der Waals surface area contributed by atoms with Crippen LogP contribution in [0.25, 0.3) is 0 Å². The molecule has 2 aliphatic carbocycles. The van der Waals surface area contributed by atoms with Gasteiger partial charge in [0.25, 0.3) is 0 Å². The number of hydrogen-bond acceptors (Lipinski definition) is 3. The standard InChI is InChI=1S/C28H43FO3/c1-3-6-20-9-13-22(14-10-20)23-15-11-21(12-16-23)7-5-8-26(30)24-17-18-27(32-4-2)25(19-29)28(24)31/h17-18,20-23,31H,3-16,19H2,1-2H3. The number of ether oxygens (including phenoxy) is 1. The maximum atomic E-state index is 13.4. The molecule has 0 amide bonds. The first kappa shape index (κ1) is 25.1. The number of Topliss-reactive ketones (excluding diaryl/α,β-unsaturated/α-hetero) is 1. The van der Waals surface area contributed by atoms with Crippen LogP contribution in [0.4, 0.5) is 4.39 Å². The summed E-state index contributed by atoms with van der Waals surface area (Å²) in [6.45, 7) is 3.67. The highest BCUT2D eigenvalue weighted by molar-refractivity contribution is 5.99. The van der Waals surface area contributed by atoms with E-state index in [9.17, 15) is 14.3 Å². The van der Waals surface area contributed by atoms with E-state index in [0.29, 0.717) is 18.8 Å². The Hall–Kier alpha value is -1.58. The van der Waals surface area contributed by atoms with Crippen LogP contribution in [0.5, 0.6) is 11.5 Å². The fourth-order valence-corrected chi connectivity index (χ4v) is 6.25. The van der Waals surface area contributed by atoms with Gasteiger partial charge in [-0.3, -0.25) is 4.79 Å². The fourth-order valence-electron chi connectivity index (χ4n) is 6.25. The Balaban J connectivity index is 1.40. The summed E-state index contributed by atoms with van der Waals surface area (Å²) in [5, 5.41) is 10.4. The molecular formula is C28H43FO3. The third-order valence-corrected chi connectivity index (χ3v) is 8.14. The van der Waals surface area contributed by atoms with Gasteiger partial charge in [0.15, 0.2) is 5.78 Å². The number of carbonyl (C=O) groups is 1. The molecule has 0 atom stereocenters. The lowest BCUT2D eigenvalue weighted by Crippen LogP contribution is -2.25. The zero-order valence-electron chi connectivity index (χ0n) is 20.2. The maximum Gasteiger partial charge on any atom is 0.166 e. The molecule has 0 bridgehead atoms. The van der Waals surface area contributed by atoms with E-state index in [4.69, 9.17) is 4.74 Å². The first-order valence-electron chi connectivity index (χ1n) is 13.1. The molecule has 180 valence electrons. The summed E-state index contributed by atoms with van der Waals surface area (Å²) in [5.41, 5.74) is 0.309. The molecule has 4 heteroatoms. The number of ketones is 1. The number of rotatable bonds is 11. The number of phenols is 1. The number of halogens is 1. The van der Waals surface area contributed by atoms with Crippen molar-refractivity contribution < 1.29 is 19.0 Å². The quantitative estimate of drug-likeness (QED) is 0.350. The molecule has 1 aromatic rings. The van der Waals surface area contributed by atoms with E-state index >= 15 is 0 Å². The molecular weight excluding hydrogens is 403 g/mol. The largest absolute Gasteiger partial charge is 0.507 e. The van der Waals surface area contributed by atoms with Gasteiger partial charge in [-0.2, -0.15) is 0 Å². The Bertz CT molecular complexity index is 716. The molecule has 0 aromatic heterocycles. The molecule has 1 N–H and O–H groups in total. The van der Waals surface area contributed by atoms with Gasteiger partial charge in [0.2, 0.25) is 0 Å². The minimum Gasteiger partial charge on any atom is -0.507 e. The average Bonchev–Trinajstić information content (AvgIpc) is 2.81. The zero-order valence-corrected chi connectivity index (χ0v) is 20.2. The maximum absolute atomic E-state index is 13.4. The van der Waals surface area contributed by atoms with Crippen molar-refractivity contribution in [1.82, 2.24) is 0 Å². The minimum absolute atomic E-state index is 0.0831. The Kier molecular flexibility index (Phi) is 9.87. The van der Waals surface area contributed by atoms with Gasteiger partial charge < -0.3 is 9.84 Å². The Morgan fingerprint density at radius 3 is 2.09 bits per heavy atom. The van der Waals surface area contributed by atoms with E-state index < -0.39 is 6.67 Å². The zero-order chi connectivity index (χ0) is 22.9. The van der Waals surface area contributed by atoms with Gasteiger partial charge in [-0.05, 0) is 74.8 Å². The van der Waals surface area contributed by atoms with E-state index in [-0.39, 0.29) is 22.7 Å². The van der Waals surface area contributed by atoms with E-state index in [2.05, 4.69) is 6.92 Å². The van der Waals surface area contributed by atoms with Crippen molar-refractivity contribution in [1.29, 1.82) is 0 Å². The van der Waals surface area contributed by atoms with Crippen LogP contribution >= 0.6 is 0 Å². The molecule has 3 rings (SSSR count). The van der Waals surface area contributed by atoms with Crippen molar-refractivity contribution in [3.63, 3.8) is 0 Å². The Labute approximate surface area is 194 Å². The molecule has 1 aromatic carbocycles. The number of hydrogen-bond donors (Lipinski definition) is 1. The van der Waals surface area contributed by atoms with Gasteiger partial charge in [-0.25, -0.2) is 4.39 Å². The predicted molar refractivity (Wildman–Crippen MR) is 128 cm³/mol. The smallest absolute Gasteiger partial charge is 0.166 e. The van der Waals surface area contributed by atoms with Gasteiger partial charge in [0.1, 0.15) is 18.2 Å². The number of phenolic OH excluding ortho intramolecular Hbond substituents is 1. The van der Waals surface area contributed by atoms with E-state index in [1.807, 2.05) is 6.92 Å². The van der Waals surface area contributed by atoms with Crippen LogP contribution in [0.1, 0.15) is 113 Å². The van der Waals surface area contributed by atoms with Crippen LogP contribution in [0, 0.1) is 23.7 Å². The van der Waals surface area contributed by atoms with Crippen molar-refractivity contribution in [3.8, 4) is 11.5 Å². The number of aromatic hydroxyl groups is 1. The number of carbonyl (C=O) groups excluding carboxylic acids is 1. The molecule has 2 saturated carbocycles. The van der Waals surface area contributed by atoms with Crippen molar-refractivity contribution in [2.24, 2.45) is 23.7 Å². The minimum atomic E-state index is -0.841. The molecule has 0 aliphatic heterocycles. The molecule has 0 saturated heterocycles. The molecule has 2 fully saturated rings. The van der Waals surface area contributed by atoms with Crippen molar-refractivity contribution in [3.05, 3.63) is 23.3 Å². The normalized spacial score (nSPS) is 26.1. The summed E-state index contributed by atoms with van der Waals surface area (Å²) in [6, 6.07) is 3.17. The first-order chi connectivity index (χ1) is 15.6. The topological polar surface area (TPSA) is 46.5 Å². The van der Waals surface area contributed by atoms with Gasteiger partial charge >= 0.3 is 0 Å². The van der Waals surface area contributed by atoms with Crippen LogP contribution in [0.15, 0.2) is 12.1 Å². The van der Waals surface area contributed by atoms with Crippen LogP contribution in [-0.4, -0.2) is 17.5 Å². The second-order valence-corrected chi connectivity index (χ2v) is 10.2. The van der Waals surface area contributed by atoms with Crippen LogP contribution < -0.4 is 4.74 Å². The van der Waals surface area contributed by atoms with Gasteiger partial charge in [-0.15, -0.1) is 0 Å². The van der Waals surface area contributed by atoms with Gasteiger partial charge in [0, 0.05) is 6.42 Å². The van der Waals surface area contributed by atoms with Crippen molar-refractivity contribution in [2.45, 2.75) is 104 Å². The van der Waals surface area contributed by atoms with E-state index in [0.717, 1.165) is 36.5 Å².